The highest BCUT2D eigenvalue weighted by molar-refractivity contribution is 7.98. The number of hydrogen-bond acceptors (Lipinski definition) is 4. The van der Waals surface area contributed by atoms with Crippen LogP contribution >= 0.6 is 23.4 Å². The number of anilines is 1. The van der Waals surface area contributed by atoms with Gasteiger partial charge in [-0.2, -0.15) is 0 Å². The Balaban J connectivity index is 1.78. The first-order valence-corrected chi connectivity index (χ1v) is 7.70. The molecule has 0 saturated carbocycles. The van der Waals surface area contributed by atoms with Crippen molar-refractivity contribution in [2.75, 3.05) is 5.73 Å². The maximum absolute atomic E-state index is 6.17. The molecule has 0 unspecified atom stereocenters. The third kappa shape index (κ3) is 2.58. The van der Waals surface area contributed by atoms with Gasteiger partial charge in [0.15, 0.2) is 0 Å². The molecule has 1 aromatic carbocycles. The van der Waals surface area contributed by atoms with Crippen LogP contribution in [0.25, 0.3) is 0 Å². The molecule has 1 aliphatic rings. The molecule has 2 heterocycles. The van der Waals surface area contributed by atoms with Crippen LogP contribution in [0.5, 0.6) is 0 Å². The molecule has 0 amide bonds. The molecule has 1 aliphatic heterocycles. The lowest BCUT2D eigenvalue weighted by Gasteiger charge is -2.14. The zero-order valence-corrected chi connectivity index (χ0v) is 12.0. The number of nitrogens with two attached hydrogens (primary N) is 1. The van der Waals surface area contributed by atoms with Gasteiger partial charge in [-0.3, -0.25) is 0 Å². The average Bonchev–Trinajstić information content (AvgIpc) is 2.82. The van der Waals surface area contributed by atoms with E-state index in [1.54, 1.807) is 11.8 Å². The second-order valence-corrected chi connectivity index (χ2v) is 5.98. The number of hydrogen-bond donors (Lipinski definition) is 1. The summed E-state index contributed by atoms with van der Waals surface area (Å²) in [6.07, 6.45) is 3.45. The second-order valence-electron chi connectivity index (χ2n) is 4.59. The van der Waals surface area contributed by atoms with E-state index in [-0.39, 0.29) is 0 Å². The maximum Gasteiger partial charge on any atom is 0.143 e. The summed E-state index contributed by atoms with van der Waals surface area (Å²) >= 11 is 7.79. The van der Waals surface area contributed by atoms with Crippen molar-refractivity contribution in [2.24, 2.45) is 0 Å². The van der Waals surface area contributed by atoms with E-state index in [0.717, 1.165) is 41.0 Å². The Hall–Kier alpha value is -1.20. The first-order valence-electron chi connectivity index (χ1n) is 6.33. The lowest BCUT2D eigenvalue weighted by Crippen LogP contribution is -2.12. The van der Waals surface area contributed by atoms with Gasteiger partial charge in [0, 0.05) is 23.5 Å². The highest BCUT2D eigenvalue weighted by Crippen LogP contribution is 2.34. The molecule has 1 aromatic heterocycles. The molecule has 0 aliphatic carbocycles. The summed E-state index contributed by atoms with van der Waals surface area (Å²) in [5.41, 5.74) is 6.67. The molecule has 0 radical (unpaired) electrons. The number of benzene rings is 1. The van der Waals surface area contributed by atoms with Crippen molar-refractivity contribution >= 4 is 29.1 Å². The summed E-state index contributed by atoms with van der Waals surface area (Å²) in [4.78, 5) is 0.928. The van der Waals surface area contributed by atoms with Crippen LogP contribution < -0.4 is 5.73 Å². The molecule has 0 bridgehead atoms. The molecule has 0 saturated heterocycles. The Kier molecular flexibility index (Phi) is 3.66. The van der Waals surface area contributed by atoms with Gasteiger partial charge in [-0.05, 0) is 25.0 Å². The smallest absolute Gasteiger partial charge is 0.143 e. The predicted molar refractivity (Wildman–Crippen MR) is 78.4 cm³/mol. The van der Waals surface area contributed by atoms with Crippen molar-refractivity contribution in [1.29, 1.82) is 0 Å². The topological polar surface area (TPSA) is 56.7 Å². The fourth-order valence-electron chi connectivity index (χ4n) is 2.29. The van der Waals surface area contributed by atoms with E-state index in [2.05, 4.69) is 14.8 Å². The monoisotopic (exact) mass is 294 g/mol. The van der Waals surface area contributed by atoms with Gasteiger partial charge in [0.1, 0.15) is 11.6 Å². The van der Waals surface area contributed by atoms with Crippen molar-refractivity contribution in [2.45, 2.75) is 36.5 Å². The lowest BCUT2D eigenvalue weighted by molar-refractivity contribution is 0.513. The van der Waals surface area contributed by atoms with Crippen LogP contribution in [0.4, 0.5) is 5.69 Å². The van der Waals surface area contributed by atoms with Gasteiger partial charge in [-0.25, -0.2) is 0 Å². The van der Waals surface area contributed by atoms with Gasteiger partial charge >= 0.3 is 0 Å². The minimum absolute atomic E-state index is 0.698. The fraction of sp³-hybridized carbons (Fsp3) is 0.385. The van der Waals surface area contributed by atoms with Crippen LogP contribution in [0.1, 0.15) is 24.5 Å². The van der Waals surface area contributed by atoms with Crippen LogP contribution in [0.15, 0.2) is 23.1 Å². The summed E-state index contributed by atoms with van der Waals surface area (Å²) in [7, 11) is 0. The molecule has 0 atom stereocenters. The SMILES string of the molecule is Nc1cccc(Cl)c1SCc1nnc2n1CCCC2. The molecule has 3 rings (SSSR count). The van der Waals surface area contributed by atoms with Gasteiger partial charge < -0.3 is 10.3 Å². The Morgan fingerprint density at radius 2 is 2.21 bits per heavy atom. The average molecular weight is 295 g/mol. The number of nitrogen functional groups attached to an aromatic ring is 1. The van der Waals surface area contributed by atoms with Crippen molar-refractivity contribution in [3.63, 3.8) is 0 Å². The van der Waals surface area contributed by atoms with Crippen molar-refractivity contribution in [3.8, 4) is 0 Å². The molecular formula is C13H15ClN4S. The van der Waals surface area contributed by atoms with Crippen molar-refractivity contribution < 1.29 is 0 Å². The quantitative estimate of drug-likeness (QED) is 0.698. The molecule has 2 N–H and O–H groups in total. The van der Waals surface area contributed by atoms with E-state index in [4.69, 9.17) is 17.3 Å². The normalized spacial score (nSPS) is 14.4. The first-order chi connectivity index (χ1) is 9.25. The van der Waals surface area contributed by atoms with Gasteiger partial charge in [0.25, 0.3) is 0 Å². The van der Waals surface area contributed by atoms with Crippen LogP contribution in [-0.4, -0.2) is 14.8 Å². The van der Waals surface area contributed by atoms with Crippen LogP contribution in [0.3, 0.4) is 0 Å². The zero-order chi connectivity index (χ0) is 13.2. The standard InChI is InChI=1S/C13H15ClN4S/c14-9-4-3-5-10(15)13(9)19-8-12-17-16-11-6-1-2-7-18(11)12/h3-5H,1-2,6-8,15H2. The van der Waals surface area contributed by atoms with Crippen LogP contribution in [0, 0.1) is 0 Å². The Morgan fingerprint density at radius 3 is 3.05 bits per heavy atom. The lowest BCUT2D eigenvalue weighted by atomic mass is 10.2. The summed E-state index contributed by atoms with van der Waals surface area (Å²) in [6, 6.07) is 5.59. The van der Waals surface area contributed by atoms with Gasteiger partial charge in [0.2, 0.25) is 0 Å². The maximum atomic E-state index is 6.17. The zero-order valence-electron chi connectivity index (χ0n) is 10.5. The van der Waals surface area contributed by atoms with Gasteiger partial charge in [-0.15, -0.1) is 22.0 Å². The molecule has 0 spiro atoms. The van der Waals surface area contributed by atoms with E-state index in [1.165, 1.54) is 12.8 Å². The first kappa shape index (κ1) is 12.8. The summed E-state index contributed by atoms with van der Waals surface area (Å²) in [5, 5.41) is 9.23. The molecule has 2 aromatic rings. The Morgan fingerprint density at radius 1 is 1.32 bits per heavy atom. The van der Waals surface area contributed by atoms with Crippen molar-refractivity contribution in [1.82, 2.24) is 14.8 Å². The highest BCUT2D eigenvalue weighted by atomic mass is 35.5. The highest BCUT2D eigenvalue weighted by Gasteiger charge is 2.16. The molecular weight excluding hydrogens is 280 g/mol. The summed E-state index contributed by atoms with van der Waals surface area (Å²) in [5.74, 6) is 2.87. The second kappa shape index (κ2) is 5.43. The van der Waals surface area contributed by atoms with Crippen molar-refractivity contribution in [3.05, 3.63) is 34.9 Å². The number of fused-ring (bicyclic) bond motifs is 1. The van der Waals surface area contributed by atoms with Gasteiger partial charge in [-0.1, -0.05) is 17.7 Å². The molecule has 19 heavy (non-hydrogen) atoms. The third-order valence-corrected chi connectivity index (χ3v) is 4.85. The predicted octanol–water partition coefficient (Wildman–Crippen LogP) is 3.14. The van der Waals surface area contributed by atoms with E-state index < -0.39 is 0 Å². The number of halogens is 1. The summed E-state index contributed by atoms with van der Waals surface area (Å²) < 4.78 is 2.23. The Bertz CT molecular complexity index is 576. The van der Waals surface area contributed by atoms with E-state index in [1.807, 2.05) is 18.2 Å². The minimum atomic E-state index is 0.698. The van der Waals surface area contributed by atoms with E-state index in [0.29, 0.717) is 5.02 Å². The molecule has 4 nitrogen and oxygen atoms in total. The fourth-order valence-corrected chi connectivity index (χ4v) is 3.56. The molecule has 6 heteroatoms. The van der Waals surface area contributed by atoms with Crippen LogP contribution in [-0.2, 0) is 18.7 Å². The van der Waals surface area contributed by atoms with E-state index >= 15 is 0 Å². The number of rotatable bonds is 3. The number of nitrogens with zero attached hydrogens (tertiary/aromatic N) is 3. The number of aryl methyl sites for hydroxylation is 1. The molecule has 100 valence electrons. The largest absolute Gasteiger partial charge is 0.398 e. The molecule has 0 fully saturated rings. The van der Waals surface area contributed by atoms with E-state index in [9.17, 15) is 0 Å². The van der Waals surface area contributed by atoms with Crippen LogP contribution in [0.2, 0.25) is 5.02 Å². The minimum Gasteiger partial charge on any atom is -0.398 e. The number of aromatic nitrogens is 3. The van der Waals surface area contributed by atoms with Gasteiger partial charge in [0.05, 0.1) is 10.8 Å². The number of thioether (sulfide) groups is 1. The Labute approximate surface area is 121 Å². The third-order valence-electron chi connectivity index (χ3n) is 3.28. The summed E-state index contributed by atoms with van der Waals surface area (Å²) in [6.45, 7) is 1.02.